The van der Waals surface area contributed by atoms with Gasteiger partial charge in [0.15, 0.2) is 0 Å². The molecule has 5 aliphatic rings. The Labute approximate surface area is 168 Å². The zero-order chi connectivity index (χ0) is 17.7. The summed E-state index contributed by atoms with van der Waals surface area (Å²) in [6, 6.07) is 0. The van der Waals surface area contributed by atoms with Crippen LogP contribution in [-0.4, -0.2) is 46.5 Å². The van der Waals surface area contributed by atoms with Crippen molar-refractivity contribution in [2.24, 2.45) is 23.2 Å². The number of anilines is 1. The number of amides is 1. The Hall–Kier alpha value is -1.23. The van der Waals surface area contributed by atoms with Crippen molar-refractivity contribution in [3.8, 4) is 0 Å². The highest BCUT2D eigenvalue weighted by Gasteiger charge is 2.51. The van der Waals surface area contributed by atoms with Crippen LogP contribution in [0.15, 0.2) is 12.4 Å². The fourth-order valence-electron chi connectivity index (χ4n) is 6.93. The maximum absolute atomic E-state index is 13.1. The third-order valence-electron chi connectivity index (χ3n) is 7.64. The van der Waals surface area contributed by atoms with E-state index in [0.717, 1.165) is 62.8 Å². The van der Waals surface area contributed by atoms with Crippen LogP contribution in [0.2, 0.25) is 0 Å². The SMILES string of the molecule is CCn1ccnc1N1CCN(C(=O)CC23CC4CC(CC(C4)C2)C3)CC1.Cl. The van der Waals surface area contributed by atoms with Crippen LogP contribution in [0.25, 0.3) is 0 Å². The molecule has 2 heterocycles. The van der Waals surface area contributed by atoms with E-state index >= 15 is 0 Å². The lowest BCUT2D eigenvalue weighted by Crippen LogP contribution is -2.52. The number of aromatic nitrogens is 2. The molecule has 0 N–H and O–H groups in total. The molecule has 6 heteroatoms. The van der Waals surface area contributed by atoms with Crippen LogP contribution in [0.4, 0.5) is 5.95 Å². The van der Waals surface area contributed by atoms with Crippen LogP contribution >= 0.6 is 12.4 Å². The second kappa shape index (κ2) is 7.31. The third kappa shape index (κ3) is 3.48. The Morgan fingerprint density at radius 2 is 1.67 bits per heavy atom. The van der Waals surface area contributed by atoms with Crippen molar-refractivity contribution >= 4 is 24.3 Å². The summed E-state index contributed by atoms with van der Waals surface area (Å²) in [6.45, 7) is 6.60. The lowest BCUT2D eigenvalue weighted by Gasteiger charge is -2.57. The van der Waals surface area contributed by atoms with E-state index in [1.54, 1.807) is 0 Å². The highest BCUT2D eigenvalue weighted by atomic mass is 35.5. The fraction of sp³-hybridized carbons (Fsp3) is 0.810. The van der Waals surface area contributed by atoms with Crippen molar-refractivity contribution < 1.29 is 4.79 Å². The molecule has 1 aromatic rings. The van der Waals surface area contributed by atoms with Crippen molar-refractivity contribution in [3.63, 3.8) is 0 Å². The quantitative estimate of drug-likeness (QED) is 0.786. The molecule has 150 valence electrons. The highest BCUT2D eigenvalue weighted by molar-refractivity contribution is 5.85. The predicted octanol–water partition coefficient (Wildman–Crippen LogP) is 3.58. The molecular weight excluding hydrogens is 360 g/mol. The van der Waals surface area contributed by atoms with E-state index < -0.39 is 0 Å². The molecule has 1 saturated heterocycles. The van der Waals surface area contributed by atoms with Gasteiger partial charge in [-0.1, -0.05) is 0 Å². The second-order valence-corrected chi connectivity index (χ2v) is 9.48. The van der Waals surface area contributed by atoms with Crippen LogP contribution < -0.4 is 4.90 Å². The van der Waals surface area contributed by atoms with Crippen molar-refractivity contribution in [1.29, 1.82) is 0 Å². The number of aryl methyl sites for hydroxylation is 1. The van der Waals surface area contributed by atoms with Gasteiger partial charge in [0.05, 0.1) is 0 Å². The second-order valence-electron chi connectivity index (χ2n) is 9.48. The number of nitrogens with zero attached hydrogens (tertiary/aromatic N) is 4. The number of rotatable bonds is 4. The molecule has 1 amide bonds. The molecular formula is C21H33ClN4O. The molecule has 0 unspecified atom stereocenters. The largest absolute Gasteiger partial charge is 0.339 e. The minimum atomic E-state index is 0. The number of hydrogen-bond donors (Lipinski definition) is 0. The van der Waals surface area contributed by atoms with Crippen LogP contribution in [0, 0.1) is 23.2 Å². The van der Waals surface area contributed by atoms with Crippen molar-refractivity contribution in [1.82, 2.24) is 14.5 Å². The molecule has 0 atom stereocenters. The van der Waals surface area contributed by atoms with Gasteiger partial charge >= 0.3 is 0 Å². The maximum atomic E-state index is 13.1. The zero-order valence-electron chi connectivity index (χ0n) is 16.5. The van der Waals surface area contributed by atoms with E-state index in [2.05, 4.69) is 26.3 Å². The van der Waals surface area contributed by atoms with Gasteiger partial charge in [-0.2, -0.15) is 0 Å². The smallest absolute Gasteiger partial charge is 0.223 e. The van der Waals surface area contributed by atoms with Crippen LogP contribution in [0.3, 0.4) is 0 Å². The number of carbonyl (C=O) groups excluding carboxylic acids is 1. The maximum Gasteiger partial charge on any atom is 0.223 e. The van der Waals surface area contributed by atoms with E-state index in [1.807, 2.05) is 12.4 Å². The molecule has 4 bridgehead atoms. The van der Waals surface area contributed by atoms with Gasteiger partial charge in [0.1, 0.15) is 0 Å². The molecule has 1 aliphatic heterocycles. The van der Waals surface area contributed by atoms with Crippen LogP contribution in [0.1, 0.15) is 51.9 Å². The summed E-state index contributed by atoms with van der Waals surface area (Å²) in [6.07, 6.45) is 13.1. The van der Waals surface area contributed by atoms with E-state index in [4.69, 9.17) is 0 Å². The molecule has 1 aromatic heterocycles. The fourth-order valence-corrected chi connectivity index (χ4v) is 6.93. The van der Waals surface area contributed by atoms with Gasteiger partial charge in [-0.25, -0.2) is 4.98 Å². The number of hydrogen-bond acceptors (Lipinski definition) is 3. The molecule has 5 fully saturated rings. The average molecular weight is 393 g/mol. The average Bonchev–Trinajstić information content (AvgIpc) is 3.09. The molecule has 0 aromatic carbocycles. The Bertz CT molecular complexity index is 644. The lowest BCUT2D eigenvalue weighted by molar-refractivity contribution is -0.139. The summed E-state index contributed by atoms with van der Waals surface area (Å²) in [7, 11) is 0. The first kappa shape index (κ1) is 19.1. The topological polar surface area (TPSA) is 41.4 Å². The highest BCUT2D eigenvalue weighted by Crippen LogP contribution is 2.61. The van der Waals surface area contributed by atoms with Crippen molar-refractivity contribution in [3.05, 3.63) is 12.4 Å². The van der Waals surface area contributed by atoms with E-state index in [0.29, 0.717) is 11.3 Å². The lowest BCUT2D eigenvalue weighted by atomic mass is 9.49. The first-order valence-corrected chi connectivity index (χ1v) is 10.7. The molecule has 4 aliphatic carbocycles. The standard InChI is InChI=1S/C21H32N4O.ClH/c1-2-23-4-3-22-20(23)25-7-5-24(6-8-25)19(26)15-21-12-16-9-17(13-21)11-18(10-16)14-21;/h3-4,16-18H,2,5-15H2,1H3;1H. The van der Waals surface area contributed by atoms with Crippen LogP contribution in [0.5, 0.6) is 0 Å². The van der Waals surface area contributed by atoms with Crippen molar-refractivity contribution in [2.75, 3.05) is 31.1 Å². The monoisotopic (exact) mass is 392 g/mol. The Kier molecular flexibility index (Phi) is 5.17. The number of halogens is 1. The molecule has 0 spiro atoms. The molecule has 5 nitrogen and oxygen atoms in total. The molecule has 0 radical (unpaired) electrons. The molecule has 4 saturated carbocycles. The van der Waals surface area contributed by atoms with Gasteiger partial charge in [-0.15, -0.1) is 12.4 Å². The van der Waals surface area contributed by atoms with E-state index in [-0.39, 0.29) is 12.4 Å². The summed E-state index contributed by atoms with van der Waals surface area (Å²) in [5, 5.41) is 0. The number of imidazole rings is 1. The van der Waals surface area contributed by atoms with E-state index in [1.165, 1.54) is 38.5 Å². The van der Waals surface area contributed by atoms with Crippen molar-refractivity contribution in [2.45, 2.75) is 58.4 Å². The third-order valence-corrected chi connectivity index (χ3v) is 7.64. The Morgan fingerprint density at radius 1 is 1.07 bits per heavy atom. The summed E-state index contributed by atoms with van der Waals surface area (Å²) in [5.74, 6) is 4.27. The van der Waals surface area contributed by atoms with Gasteiger partial charge < -0.3 is 14.4 Å². The minimum absolute atomic E-state index is 0. The summed E-state index contributed by atoms with van der Waals surface area (Å²) in [5.41, 5.74) is 0.363. The Balaban J connectivity index is 0.00000180. The van der Waals surface area contributed by atoms with Crippen LogP contribution in [-0.2, 0) is 11.3 Å². The molecule has 6 rings (SSSR count). The number of piperazine rings is 1. The first-order valence-electron chi connectivity index (χ1n) is 10.7. The van der Waals surface area contributed by atoms with Gasteiger partial charge in [0.25, 0.3) is 0 Å². The first-order chi connectivity index (χ1) is 12.6. The van der Waals surface area contributed by atoms with Gasteiger partial charge in [0, 0.05) is 51.5 Å². The minimum Gasteiger partial charge on any atom is -0.339 e. The normalized spacial score (nSPS) is 34.6. The zero-order valence-corrected chi connectivity index (χ0v) is 17.3. The van der Waals surface area contributed by atoms with Gasteiger partial charge in [-0.3, -0.25) is 4.79 Å². The summed E-state index contributed by atoms with van der Waals surface area (Å²) < 4.78 is 2.19. The molecule has 27 heavy (non-hydrogen) atoms. The van der Waals surface area contributed by atoms with Gasteiger partial charge in [0.2, 0.25) is 11.9 Å². The predicted molar refractivity (Wildman–Crippen MR) is 109 cm³/mol. The Morgan fingerprint density at radius 3 is 2.22 bits per heavy atom. The van der Waals surface area contributed by atoms with E-state index in [9.17, 15) is 4.79 Å². The summed E-state index contributed by atoms with van der Waals surface area (Å²) in [4.78, 5) is 22.1. The summed E-state index contributed by atoms with van der Waals surface area (Å²) >= 11 is 0. The van der Waals surface area contributed by atoms with Gasteiger partial charge in [-0.05, 0) is 68.6 Å². The number of carbonyl (C=O) groups is 1.